The first-order chi connectivity index (χ1) is 4.37. The Labute approximate surface area is 54.4 Å². The topological polar surface area (TPSA) is 34.3 Å². The molecular formula is C7H10N2. The van der Waals surface area contributed by atoms with E-state index >= 15 is 0 Å². The molecule has 0 bridgehead atoms. The molecule has 0 radical (unpaired) electrons. The fraction of sp³-hybridized carbons (Fsp3) is 0.857. The Kier molecular flexibility index (Phi) is 0.477. The van der Waals surface area contributed by atoms with Crippen LogP contribution in [-0.2, 0) is 0 Å². The molecule has 2 unspecified atom stereocenters. The van der Waals surface area contributed by atoms with E-state index in [9.17, 15) is 0 Å². The Balaban J connectivity index is 2.13. The van der Waals surface area contributed by atoms with E-state index in [1.165, 1.54) is 19.3 Å². The quantitative estimate of drug-likeness (QED) is 0.462. The van der Waals surface area contributed by atoms with Crippen molar-refractivity contribution in [1.82, 2.24) is 5.32 Å². The molecule has 3 rings (SSSR count). The largest absolute Gasteiger partial charge is 0.296 e. The van der Waals surface area contributed by atoms with Gasteiger partial charge in [0.1, 0.15) is 0 Å². The zero-order valence-corrected chi connectivity index (χ0v) is 5.35. The zero-order chi connectivity index (χ0) is 5.95. The molecule has 48 valence electrons. The van der Waals surface area contributed by atoms with E-state index in [1.807, 2.05) is 0 Å². The van der Waals surface area contributed by atoms with Gasteiger partial charge in [-0.1, -0.05) is 0 Å². The van der Waals surface area contributed by atoms with Crippen molar-refractivity contribution < 1.29 is 0 Å². The molecular weight excluding hydrogens is 112 g/mol. The van der Waals surface area contributed by atoms with Gasteiger partial charge in [0.05, 0.1) is 17.6 Å². The van der Waals surface area contributed by atoms with Crippen molar-refractivity contribution in [1.29, 1.82) is 0 Å². The lowest BCUT2D eigenvalue weighted by atomic mass is 10.0. The maximum atomic E-state index is 4.29. The molecule has 2 aliphatic heterocycles. The molecule has 2 heterocycles. The average Bonchev–Trinajstić information content (AvgIpc) is 2.11. The molecule has 2 nitrogen and oxygen atoms in total. The molecule has 1 saturated carbocycles. The smallest absolute Gasteiger partial charge is 0.0742 e. The first-order valence-corrected chi connectivity index (χ1v) is 3.67. The van der Waals surface area contributed by atoms with E-state index in [-0.39, 0.29) is 0 Å². The minimum atomic E-state index is 0.410. The Bertz CT molecular complexity index is 195. The maximum Gasteiger partial charge on any atom is 0.0742 e. The van der Waals surface area contributed by atoms with Crippen molar-refractivity contribution in [2.75, 3.05) is 6.54 Å². The minimum Gasteiger partial charge on any atom is -0.296 e. The van der Waals surface area contributed by atoms with Gasteiger partial charge in [0.25, 0.3) is 0 Å². The molecule has 0 spiro atoms. The third kappa shape index (κ3) is 0.295. The van der Waals surface area contributed by atoms with Gasteiger partial charge in [-0.25, -0.2) is 0 Å². The third-order valence-electron chi connectivity index (χ3n) is 3.10. The predicted octanol–water partition coefficient (Wildman–Crippen LogP) is 0.335. The van der Waals surface area contributed by atoms with E-state index in [1.54, 1.807) is 0 Å². The molecule has 1 N–H and O–H groups in total. The van der Waals surface area contributed by atoms with Crippen LogP contribution in [0, 0.1) is 0 Å². The zero-order valence-electron chi connectivity index (χ0n) is 5.35. The summed E-state index contributed by atoms with van der Waals surface area (Å²) in [5.74, 6) is 0. The van der Waals surface area contributed by atoms with Crippen LogP contribution >= 0.6 is 0 Å². The monoisotopic (exact) mass is 122 g/mol. The summed E-state index contributed by atoms with van der Waals surface area (Å²) in [6.45, 7) is 1.05. The van der Waals surface area contributed by atoms with Crippen molar-refractivity contribution in [3.63, 3.8) is 0 Å². The van der Waals surface area contributed by atoms with Gasteiger partial charge in [0.15, 0.2) is 0 Å². The van der Waals surface area contributed by atoms with E-state index in [2.05, 4.69) is 16.5 Å². The Morgan fingerprint density at radius 2 is 2.44 bits per heavy atom. The average molecular weight is 122 g/mol. The molecule has 0 aromatic heterocycles. The summed E-state index contributed by atoms with van der Waals surface area (Å²) in [6, 6.07) is 0. The van der Waals surface area contributed by atoms with Crippen LogP contribution in [0.3, 0.4) is 0 Å². The van der Waals surface area contributed by atoms with Crippen molar-refractivity contribution in [2.45, 2.75) is 30.3 Å². The molecule has 0 aromatic carbocycles. The number of aliphatic imine (C=N–C) groups is 1. The van der Waals surface area contributed by atoms with Crippen molar-refractivity contribution >= 4 is 6.21 Å². The van der Waals surface area contributed by atoms with E-state index in [0.29, 0.717) is 11.1 Å². The second-order valence-corrected chi connectivity index (χ2v) is 3.50. The van der Waals surface area contributed by atoms with Gasteiger partial charge in [-0.15, -0.1) is 0 Å². The van der Waals surface area contributed by atoms with E-state index in [4.69, 9.17) is 0 Å². The number of rotatable bonds is 0. The Morgan fingerprint density at radius 1 is 1.44 bits per heavy atom. The Morgan fingerprint density at radius 3 is 3.22 bits per heavy atom. The van der Waals surface area contributed by atoms with E-state index in [0.717, 1.165) is 6.54 Å². The van der Waals surface area contributed by atoms with Gasteiger partial charge in [0.2, 0.25) is 0 Å². The van der Waals surface area contributed by atoms with Crippen LogP contribution < -0.4 is 5.32 Å². The van der Waals surface area contributed by atoms with Crippen LogP contribution in [0.15, 0.2) is 4.99 Å². The highest BCUT2D eigenvalue weighted by atomic mass is 15.3. The first-order valence-electron chi connectivity index (χ1n) is 3.67. The summed E-state index contributed by atoms with van der Waals surface area (Å²) in [5, 5.41) is 3.55. The number of nitrogens with one attached hydrogen (secondary N) is 1. The molecule has 2 fully saturated rings. The summed E-state index contributed by atoms with van der Waals surface area (Å²) in [4.78, 5) is 4.29. The highest BCUT2D eigenvalue weighted by molar-refractivity contribution is 5.83. The van der Waals surface area contributed by atoms with Crippen LogP contribution in [0.25, 0.3) is 0 Å². The Hall–Kier alpha value is -0.370. The van der Waals surface area contributed by atoms with Crippen LogP contribution in [-0.4, -0.2) is 23.8 Å². The molecule has 0 aromatic rings. The predicted molar refractivity (Wildman–Crippen MR) is 35.8 cm³/mol. The summed E-state index contributed by atoms with van der Waals surface area (Å²) in [6.07, 6.45) is 6.22. The van der Waals surface area contributed by atoms with Gasteiger partial charge in [-0.3, -0.25) is 10.3 Å². The lowest BCUT2D eigenvalue weighted by Gasteiger charge is -2.01. The van der Waals surface area contributed by atoms with Gasteiger partial charge < -0.3 is 0 Å². The van der Waals surface area contributed by atoms with Crippen LogP contribution in [0.4, 0.5) is 0 Å². The van der Waals surface area contributed by atoms with Crippen LogP contribution in [0.1, 0.15) is 19.3 Å². The summed E-state index contributed by atoms with van der Waals surface area (Å²) in [7, 11) is 0. The second kappa shape index (κ2) is 0.966. The maximum absolute atomic E-state index is 4.29. The lowest BCUT2D eigenvalue weighted by molar-refractivity contribution is 0.603. The molecule has 0 amide bonds. The number of piperidine rings is 1. The molecule has 9 heavy (non-hydrogen) atoms. The van der Waals surface area contributed by atoms with Gasteiger partial charge in [-0.05, 0) is 19.3 Å². The van der Waals surface area contributed by atoms with Crippen molar-refractivity contribution in [2.24, 2.45) is 4.99 Å². The van der Waals surface area contributed by atoms with Gasteiger partial charge in [-0.2, -0.15) is 0 Å². The fourth-order valence-electron chi connectivity index (χ4n) is 2.49. The number of nitrogens with zero attached hydrogens (tertiary/aromatic N) is 1. The first kappa shape index (κ1) is 4.45. The van der Waals surface area contributed by atoms with Gasteiger partial charge >= 0.3 is 0 Å². The highest BCUT2D eigenvalue weighted by Crippen LogP contribution is 2.53. The van der Waals surface area contributed by atoms with Crippen molar-refractivity contribution in [3.8, 4) is 0 Å². The highest BCUT2D eigenvalue weighted by Gasteiger charge is 2.70. The third-order valence-corrected chi connectivity index (χ3v) is 3.10. The van der Waals surface area contributed by atoms with Gasteiger partial charge in [0, 0.05) is 6.21 Å². The summed E-state index contributed by atoms with van der Waals surface area (Å²) < 4.78 is 0. The molecule has 1 aliphatic carbocycles. The molecule has 1 saturated heterocycles. The van der Waals surface area contributed by atoms with Crippen LogP contribution in [0.5, 0.6) is 0 Å². The van der Waals surface area contributed by atoms with Crippen LogP contribution in [0.2, 0.25) is 0 Å². The SMILES string of the molecule is C1=NCC23CCCC12N3. The van der Waals surface area contributed by atoms with Crippen molar-refractivity contribution in [3.05, 3.63) is 0 Å². The fourth-order valence-corrected chi connectivity index (χ4v) is 2.49. The second-order valence-electron chi connectivity index (χ2n) is 3.50. The lowest BCUT2D eigenvalue weighted by Crippen LogP contribution is -2.17. The molecule has 2 heteroatoms. The number of hydrogen-bond acceptors (Lipinski definition) is 2. The minimum absolute atomic E-state index is 0.410. The molecule has 3 aliphatic rings. The normalized spacial score (nSPS) is 59.6. The molecule has 2 atom stereocenters. The van der Waals surface area contributed by atoms with E-state index < -0.39 is 0 Å². The summed E-state index contributed by atoms with van der Waals surface area (Å²) in [5.41, 5.74) is 0.889. The standard InChI is InChI=1S/C7H10N2/c1-2-6-4-8-5-7(6,3-1)9-6/h4,9H,1-3,5H2. The summed E-state index contributed by atoms with van der Waals surface area (Å²) >= 11 is 0. The number of hydrogen-bond donors (Lipinski definition) is 1.